The summed E-state index contributed by atoms with van der Waals surface area (Å²) in [6, 6.07) is 9.26. The van der Waals surface area contributed by atoms with E-state index in [2.05, 4.69) is 21.3 Å². The standard InChI is InChI=1S/C26H30F2N2O3S2/c1-33-19-4-5-22-20(15-19)24(18(16-27)17-29-22)21(28)6-7-26(25(31)32)8-10-30(11-9-26)12-14-35-23-3-2-13-34-23/h2-5,13,15,17,21H,6-12,14,16H2,1H3,(H,31,32). The van der Waals surface area contributed by atoms with Crippen LogP contribution in [-0.2, 0) is 11.5 Å². The second kappa shape index (κ2) is 11.7. The molecule has 0 spiro atoms. The van der Waals surface area contributed by atoms with E-state index in [1.54, 1.807) is 29.5 Å². The number of benzene rings is 1. The molecule has 1 aromatic carbocycles. The van der Waals surface area contributed by atoms with Gasteiger partial charge in [0.25, 0.3) is 0 Å². The molecule has 1 saturated heterocycles. The van der Waals surface area contributed by atoms with Gasteiger partial charge in [0.05, 0.1) is 22.3 Å². The third-order valence-corrected chi connectivity index (χ3v) is 9.06. The van der Waals surface area contributed by atoms with E-state index in [1.165, 1.54) is 17.5 Å². The van der Waals surface area contributed by atoms with Crippen LogP contribution in [0.25, 0.3) is 10.9 Å². The number of methoxy groups -OCH3 is 1. The summed E-state index contributed by atoms with van der Waals surface area (Å²) in [5.74, 6) is 0.622. The number of aromatic nitrogens is 1. The summed E-state index contributed by atoms with van der Waals surface area (Å²) < 4.78 is 36.0. The number of ether oxygens (including phenoxy) is 1. The van der Waals surface area contributed by atoms with E-state index in [1.807, 2.05) is 17.8 Å². The molecule has 1 aliphatic rings. The number of hydrogen-bond donors (Lipinski definition) is 1. The lowest BCUT2D eigenvalue weighted by Gasteiger charge is -2.39. The molecule has 0 radical (unpaired) electrons. The van der Waals surface area contributed by atoms with Gasteiger partial charge in [0.15, 0.2) is 0 Å². The Morgan fingerprint density at radius 2 is 2.14 bits per heavy atom. The molecular formula is C26H30F2N2O3S2. The minimum Gasteiger partial charge on any atom is -0.497 e. The van der Waals surface area contributed by atoms with Crippen LogP contribution in [0, 0.1) is 5.41 Å². The number of thioether (sulfide) groups is 1. The van der Waals surface area contributed by atoms with Crippen LogP contribution in [0.1, 0.15) is 43.0 Å². The number of nitrogens with zero attached hydrogens (tertiary/aromatic N) is 2. The van der Waals surface area contributed by atoms with Gasteiger partial charge in [-0.25, -0.2) is 8.78 Å². The SMILES string of the molecule is COc1ccc2ncc(CF)c(C(F)CCC3(C(=O)O)CCN(CCSc4cccs4)CC3)c2c1. The maximum Gasteiger partial charge on any atom is 0.309 e. The van der Waals surface area contributed by atoms with Gasteiger partial charge >= 0.3 is 5.97 Å². The van der Waals surface area contributed by atoms with Crippen molar-refractivity contribution in [3.63, 3.8) is 0 Å². The average molecular weight is 521 g/mol. The van der Waals surface area contributed by atoms with E-state index < -0.39 is 24.2 Å². The number of aliphatic carboxylic acids is 1. The molecule has 1 fully saturated rings. The van der Waals surface area contributed by atoms with E-state index in [9.17, 15) is 14.3 Å². The number of carbonyl (C=O) groups is 1. The lowest BCUT2D eigenvalue weighted by molar-refractivity contribution is -0.153. The number of pyridine rings is 1. The molecule has 35 heavy (non-hydrogen) atoms. The summed E-state index contributed by atoms with van der Waals surface area (Å²) in [5.41, 5.74) is 0.0426. The smallest absolute Gasteiger partial charge is 0.309 e. The highest BCUT2D eigenvalue weighted by molar-refractivity contribution is 8.01. The van der Waals surface area contributed by atoms with Gasteiger partial charge in [0, 0.05) is 35.0 Å². The largest absolute Gasteiger partial charge is 0.497 e. The second-order valence-corrected chi connectivity index (χ2v) is 11.3. The Hall–Kier alpha value is -2.23. The van der Waals surface area contributed by atoms with Crippen molar-refractivity contribution in [2.75, 3.05) is 32.5 Å². The Balaban J connectivity index is 1.42. The minimum atomic E-state index is -1.49. The van der Waals surface area contributed by atoms with Crippen molar-refractivity contribution in [2.45, 2.75) is 42.7 Å². The third kappa shape index (κ3) is 5.95. The van der Waals surface area contributed by atoms with Crippen LogP contribution in [0.5, 0.6) is 5.75 Å². The zero-order valence-electron chi connectivity index (χ0n) is 19.7. The van der Waals surface area contributed by atoms with Crippen molar-refractivity contribution in [3.05, 3.63) is 53.0 Å². The van der Waals surface area contributed by atoms with Crippen molar-refractivity contribution in [1.29, 1.82) is 0 Å². The Kier molecular flexibility index (Phi) is 8.62. The third-order valence-electron chi connectivity index (χ3n) is 6.95. The molecule has 4 rings (SSSR count). The highest BCUT2D eigenvalue weighted by Gasteiger charge is 2.41. The van der Waals surface area contributed by atoms with Crippen molar-refractivity contribution < 1.29 is 23.4 Å². The molecular weight excluding hydrogens is 490 g/mol. The van der Waals surface area contributed by atoms with E-state index >= 15 is 4.39 Å². The van der Waals surface area contributed by atoms with E-state index in [-0.39, 0.29) is 24.0 Å². The summed E-state index contributed by atoms with van der Waals surface area (Å²) in [7, 11) is 1.52. The zero-order valence-corrected chi connectivity index (χ0v) is 21.3. The fourth-order valence-corrected chi connectivity index (χ4v) is 6.64. The number of carboxylic acids is 1. The summed E-state index contributed by atoms with van der Waals surface area (Å²) >= 11 is 3.53. The van der Waals surface area contributed by atoms with Gasteiger partial charge in [-0.2, -0.15) is 0 Å². The minimum absolute atomic E-state index is 0.0177. The van der Waals surface area contributed by atoms with Crippen molar-refractivity contribution in [3.8, 4) is 5.75 Å². The Bertz CT molecular complexity index is 1130. The maximum absolute atomic E-state index is 15.7. The quantitative estimate of drug-likeness (QED) is 0.290. The van der Waals surface area contributed by atoms with E-state index in [0.29, 0.717) is 42.6 Å². The Labute approximate surface area is 212 Å². The number of hydrogen-bond acceptors (Lipinski definition) is 6. The molecule has 2 aromatic heterocycles. The fourth-order valence-electron chi connectivity index (χ4n) is 4.78. The molecule has 9 heteroatoms. The number of halogens is 2. The van der Waals surface area contributed by atoms with Crippen LogP contribution in [-0.4, -0.2) is 53.5 Å². The van der Waals surface area contributed by atoms with Gasteiger partial charge in [-0.05, 0) is 68.4 Å². The predicted molar refractivity (Wildman–Crippen MR) is 137 cm³/mol. The van der Waals surface area contributed by atoms with Crippen LogP contribution < -0.4 is 4.74 Å². The van der Waals surface area contributed by atoms with Crippen molar-refractivity contribution in [2.24, 2.45) is 5.41 Å². The lowest BCUT2D eigenvalue weighted by atomic mass is 9.74. The van der Waals surface area contributed by atoms with Gasteiger partial charge < -0.3 is 14.7 Å². The number of alkyl halides is 2. The first-order valence-corrected chi connectivity index (χ1v) is 13.6. The Morgan fingerprint density at radius 3 is 2.80 bits per heavy atom. The summed E-state index contributed by atoms with van der Waals surface area (Å²) in [6.07, 6.45) is 1.08. The van der Waals surface area contributed by atoms with Crippen LogP contribution in [0.3, 0.4) is 0 Å². The molecule has 1 unspecified atom stereocenters. The molecule has 1 atom stereocenters. The van der Waals surface area contributed by atoms with E-state index in [0.717, 1.165) is 12.3 Å². The summed E-state index contributed by atoms with van der Waals surface area (Å²) in [4.78, 5) is 18.8. The maximum atomic E-state index is 15.7. The molecule has 3 heterocycles. The first kappa shape index (κ1) is 25.9. The van der Waals surface area contributed by atoms with Gasteiger partial charge in [0.2, 0.25) is 0 Å². The number of carboxylic acid groups (broad SMARTS) is 1. The number of rotatable bonds is 11. The van der Waals surface area contributed by atoms with Crippen LogP contribution in [0.15, 0.2) is 46.1 Å². The molecule has 0 aliphatic carbocycles. The first-order valence-electron chi connectivity index (χ1n) is 11.7. The van der Waals surface area contributed by atoms with E-state index in [4.69, 9.17) is 4.74 Å². The van der Waals surface area contributed by atoms with Crippen LogP contribution in [0.4, 0.5) is 8.78 Å². The molecule has 188 valence electrons. The normalized spacial score (nSPS) is 16.9. The molecule has 0 amide bonds. The van der Waals surface area contributed by atoms with Gasteiger partial charge in [-0.1, -0.05) is 6.07 Å². The number of thiophene rings is 1. The Morgan fingerprint density at radius 1 is 1.34 bits per heavy atom. The molecule has 1 aliphatic heterocycles. The molecule has 3 aromatic rings. The topological polar surface area (TPSA) is 62.7 Å². The fraction of sp³-hybridized carbons (Fsp3) is 0.462. The first-order chi connectivity index (χ1) is 17.0. The molecule has 5 nitrogen and oxygen atoms in total. The van der Waals surface area contributed by atoms with Crippen LogP contribution >= 0.6 is 23.1 Å². The van der Waals surface area contributed by atoms with Crippen LogP contribution in [0.2, 0.25) is 0 Å². The number of likely N-dealkylation sites (tertiary alicyclic amines) is 1. The summed E-state index contributed by atoms with van der Waals surface area (Å²) in [6.45, 7) is 1.42. The summed E-state index contributed by atoms with van der Waals surface area (Å²) in [5, 5.41) is 12.6. The van der Waals surface area contributed by atoms with Gasteiger partial charge in [0.1, 0.15) is 18.6 Å². The number of fused-ring (bicyclic) bond motifs is 1. The highest BCUT2D eigenvalue weighted by Crippen LogP contribution is 2.41. The predicted octanol–water partition coefficient (Wildman–Crippen LogP) is 6.52. The lowest BCUT2D eigenvalue weighted by Crippen LogP contribution is -2.45. The van der Waals surface area contributed by atoms with Gasteiger partial charge in [-0.15, -0.1) is 23.1 Å². The highest BCUT2D eigenvalue weighted by atomic mass is 32.2. The average Bonchev–Trinajstić information content (AvgIpc) is 3.40. The monoisotopic (exact) mass is 520 g/mol. The molecule has 0 saturated carbocycles. The zero-order chi connectivity index (χ0) is 24.8. The molecule has 1 N–H and O–H groups in total. The van der Waals surface area contributed by atoms with Crippen molar-refractivity contribution >= 4 is 40.0 Å². The van der Waals surface area contributed by atoms with Gasteiger partial charge in [-0.3, -0.25) is 9.78 Å². The second-order valence-electron chi connectivity index (χ2n) is 8.93. The van der Waals surface area contributed by atoms with Crippen molar-refractivity contribution in [1.82, 2.24) is 9.88 Å². The molecule has 0 bridgehead atoms. The number of piperidine rings is 1.